The molecule has 1 aromatic carbocycles. The van der Waals surface area contributed by atoms with Crippen LogP contribution in [0.4, 0.5) is 5.69 Å². The quantitative estimate of drug-likeness (QED) is 0.716. The number of carbonyl (C=O) groups excluding carboxylic acids is 1. The molecule has 0 bridgehead atoms. The molecule has 0 aromatic heterocycles. The first kappa shape index (κ1) is 17.1. The zero-order valence-corrected chi connectivity index (χ0v) is 15.0. The summed E-state index contributed by atoms with van der Waals surface area (Å²) in [5.41, 5.74) is 0.214. The lowest BCUT2D eigenvalue weighted by atomic mass is 9.76. The highest BCUT2D eigenvalue weighted by molar-refractivity contribution is 9.10. The Kier molecular flexibility index (Phi) is 5.95. The number of benzene rings is 1. The van der Waals surface area contributed by atoms with Crippen molar-refractivity contribution in [2.75, 3.05) is 18.4 Å². The van der Waals surface area contributed by atoms with Crippen molar-refractivity contribution in [3.05, 3.63) is 26.7 Å². The monoisotopic (exact) mass is 392 g/mol. The molecule has 0 aliphatic carbocycles. The van der Waals surface area contributed by atoms with Gasteiger partial charge in [-0.2, -0.15) is 0 Å². The third kappa shape index (κ3) is 3.73. The summed E-state index contributed by atoms with van der Waals surface area (Å²) in [5, 5.41) is 7.08. The van der Waals surface area contributed by atoms with Gasteiger partial charge in [0.1, 0.15) is 0 Å². The lowest BCUT2D eigenvalue weighted by Gasteiger charge is -2.36. The Morgan fingerprint density at radius 1 is 1.43 bits per heavy atom. The molecule has 0 saturated carbocycles. The molecule has 116 valence electrons. The lowest BCUT2D eigenvalue weighted by Crippen LogP contribution is -2.48. The normalized spacial score (nSPS) is 22.1. The topological polar surface area (TPSA) is 41.1 Å². The van der Waals surface area contributed by atoms with Crippen LogP contribution in [0.3, 0.4) is 0 Å². The van der Waals surface area contributed by atoms with Gasteiger partial charge in [0, 0.05) is 11.0 Å². The van der Waals surface area contributed by atoms with E-state index >= 15 is 0 Å². The molecule has 1 saturated heterocycles. The number of piperidine rings is 1. The Balaban J connectivity index is 2.21. The van der Waals surface area contributed by atoms with Gasteiger partial charge in [-0.15, -0.1) is 0 Å². The number of hydrogen-bond donors (Lipinski definition) is 2. The van der Waals surface area contributed by atoms with E-state index in [2.05, 4.69) is 33.5 Å². The van der Waals surface area contributed by atoms with Crippen LogP contribution in [0.25, 0.3) is 0 Å². The summed E-state index contributed by atoms with van der Waals surface area (Å²) in [6.45, 7) is 3.80. The standard InChI is InChI=1S/C15H19BrCl2N2O/c1-2-6-15(7-3-8-19-9-15)14(21)20-11-5-4-10(16)12(17)13(11)18/h4-5,19H,2-3,6-9H2,1H3,(H,20,21). The summed E-state index contributed by atoms with van der Waals surface area (Å²) in [6, 6.07) is 3.56. The smallest absolute Gasteiger partial charge is 0.231 e. The largest absolute Gasteiger partial charge is 0.324 e. The first-order valence-corrected chi connectivity index (χ1v) is 8.71. The molecule has 1 heterocycles. The van der Waals surface area contributed by atoms with Crippen molar-refractivity contribution in [2.45, 2.75) is 32.6 Å². The Hall–Kier alpha value is -0.290. The van der Waals surface area contributed by atoms with Crippen molar-refractivity contribution in [1.29, 1.82) is 0 Å². The average molecular weight is 394 g/mol. The number of nitrogens with one attached hydrogen (secondary N) is 2. The number of amides is 1. The van der Waals surface area contributed by atoms with Crippen molar-refractivity contribution in [1.82, 2.24) is 5.32 Å². The molecule has 6 heteroatoms. The summed E-state index contributed by atoms with van der Waals surface area (Å²) in [7, 11) is 0. The Morgan fingerprint density at radius 2 is 2.19 bits per heavy atom. The first-order chi connectivity index (χ1) is 10.00. The fourth-order valence-corrected chi connectivity index (χ4v) is 3.67. The second kappa shape index (κ2) is 7.32. The molecular weight excluding hydrogens is 375 g/mol. The fraction of sp³-hybridized carbons (Fsp3) is 0.533. The van der Waals surface area contributed by atoms with Gasteiger partial charge >= 0.3 is 0 Å². The van der Waals surface area contributed by atoms with Gasteiger partial charge in [0.05, 0.1) is 21.1 Å². The molecule has 1 amide bonds. The predicted molar refractivity (Wildman–Crippen MR) is 92.2 cm³/mol. The maximum absolute atomic E-state index is 12.8. The molecule has 0 spiro atoms. The fourth-order valence-electron chi connectivity index (χ4n) is 2.84. The van der Waals surface area contributed by atoms with Crippen LogP contribution in [0.1, 0.15) is 32.6 Å². The molecule has 1 unspecified atom stereocenters. The van der Waals surface area contributed by atoms with Gasteiger partial charge in [0.15, 0.2) is 0 Å². The number of carbonyl (C=O) groups is 1. The Labute approximate surface area is 143 Å². The van der Waals surface area contributed by atoms with E-state index in [9.17, 15) is 4.79 Å². The van der Waals surface area contributed by atoms with Gasteiger partial charge in [-0.25, -0.2) is 0 Å². The van der Waals surface area contributed by atoms with Crippen LogP contribution >= 0.6 is 39.1 Å². The average Bonchev–Trinajstić information content (AvgIpc) is 2.49. The number of anilines is 1. The van der Waals surface area contributed by atoms with E-state index in [1.807, 2.05) is 0 Å². The van der Waals surface area contributed by atoms with E-state index in [-0.39, 0.29) is 11.3 Å². The minimum atomic E-state index is -0.351. The van der Waals surface area contributed by atoms with Crippen LogP contribution in [0, 0.1) is 5.41 Å². The van der Waals surface area contributed by atoms with Gasteiger partial charge in [-0.1, -0.05) is 36.5 Å². The second-order valence-corrected chi connectivity index (χ2v) is 7.10. The molecule has 1 atom stereocenters. The van der Waals surface area contributed by atoms with Crippen molar-refractivity contribution in [2.24, 2.45) is 5.41 Å². The first-order valence-electron chi connectivity index (χ1n) is 7.16. The number of rotatable bonds is 4. The maximum Gasteiger partial charge on any atom is 0.231 e. The lowest BCUT2D eigenvalue weighted by molar-refractivity contribution is -0.127. The zero-order valence-electron chi connectivity index (χ0n) is 11.9. The van der Waals surface area contributed by atoms with E-state index < -0.39 is 0 Å². The Bertz CT molecular complexity index is 525. The molecular formula is C15H19BrCl2N2O. The second-order valence-electron chi connectivity index (χ2n) is 5.49. The van der Waals surface area contributed by atoms with E-state index in [0.717, 1.165) is 36.7 Å². The third-order valence-electron chi connectivity index (χ3n) is 3.97. The van der Waals surface area contributed by atoms with Gasteiger partial charge in [-0.05, 0) is 53.9 Å². The molecule has 2 rings (SSSR count). The summed E-state index contributed by atoms with van der Waals surface area (Å²) in [6.07, 6.45) is 3.77. The molecule has 21 heavy (non-hydrogen) atoms. The summed E-state index contributed by atoms with van der Waals surface area (Å²) in [5.74, 6) is 0.0249. The number of halogens is 3. The maximum atomic E-state index is 12.8. The van der Waals surface area contributed by atoms with E-state index in [1.54, 1.807) is 12.1 Å². The van der Waals surface area contributed by atoms with Gasteiger partial charge in [0.25, 0.3) is 0 Å². The minimum absolute atomic E-state index is 0.0249. The van der Waals surface area contributed by atoms with Crippen LogP contribution in [0.5, 0.6) is 0 Å². The molecule has 3 nitrogen and oxygen atoms in total. The summed E-state index contributed by atoms with van der Waals surface area (Å²) < 4.78 is 0.717. The molecule has 2 N–H and O–H groups in total. The van der Waals surface area contributed by atoms with Crippen molar-refractivity contribution in [3.8, 4) is 0 Å². The van der Waals surface area contributed by atoms with Gasteiger partial charge in [0.2, 0.25) is 5.91 Å². The van der Waals surface area contributed by atoms with Crippen molar-refractivity contribution in [3.63, 3.8) is 0 Å². The van der Waals surface area contributed by atoms with Crippen LogP contribution < -0.4 is 10.6 Å². The molecule has 0 radical (unpaired) electrons. The van der Waals surface area contributed by atoms with E-state index in [4.69, 9.17) is 23.2 Å². The molecule has 1 aliphatic heterocycles. The third-order valence-corrected chi connectivity index (χ3v) is 5.74. The van der Waals surface area contributed by atoms with E-state index in [1.165, 1.54) is 0 Å². The summed E-state index contributed by atoms with van der Waals surface area (Å²) >= 11 is 15.6. The van der Waals surface area contributed by atoms with Crippen LogP contribution in [0.15, 0.2) is 16.6 Å². The van der Waals surface area contributed by atoms with Crippen LogP contribution in [-0.2, 0) is 4.79 Å². The minimum Gasteiger partial charge on any atom is -0.324 e. The SMILES string of the molecule is CCCC1(C(=O)Nc2ccc(Br)c(Cl)c2Cl)CCCNC1. The molecule has 1 aliphatic rings. The zero-order chi connectivity index (χ0) is 15.5. The van der Waals surface area contributed by atoms with Crippen molar-refractivity contribution < 1.29 is 4.79 Å². The van der Waals surface area contributed by atoms with Gasteiger partial charge < -0.3 is 10.6 Å². The van der Waals surface area contributed by atoms with Gasteiger partial charge in [-0.3, -0.25) is 4.79 Å². The van der Waals surface area contributed by atoms with Crippen LogP contribution in [-0.4, -0.2) is 19.0 Å². The highest BCUT2D eigenvalue weighted by Crippen LogP contribution is 2.38. The van der Waals surface area contributed by atoms with Crippen molar-refractivity contribution >= 4 is 50.7 Å². The van der Waals surface area contributed by atoms with Crippen LogP contribution in [0.2, 0.25) is 10.0 Å². The molecule has 1 fully saturated rings. The van der Waals surface area contributed by atoms with E-state index in [0.29, 0.717) is 22.3 Å². The highest BCUT2D eigenvalue weighted by Gasteiger charge is 2.38. The summed E-state index contributed by atoms with van der Waals surface area (Å²) in [4.78, 5) is 12.8. The highest BCUT2D eigenvalue weighted by atomic mass is 79.9. The number of hydrogen-bond acceptors (Lipinski definition) is 2. The predicted octanol–water partition coefficient (Wildman–Crippen LogP) is 4.86. The molecule has 1 aromatic rings. The Morgan fingerprint density at radius 3 is 2.81 bits per heavy atom.